The Bertz CT molecular complexity index is 1130. The minimum atomic E-state index is -5.25. The van der Waals surface area contributed by atoms with Crippen LogP contribution in [0, 0.1) is 6.92 Å². The fourth-order valence-corrected chi connectivity index (χ4v) is 3.90. The number of aryl methyl sites for hydroxylation is 1. The lowest BCUT2D eigenvalue weighted by atomic mass is 9.91. The highest BCUT2D eigenvalue weighted by atomic mass is 19.4. The van der Waals surface area contributed by atoms with E-state index in [1.807, 2.05) is 25.9 Å². The number of rotatable bonds is 8. The Hall–Kier alpha value is -3.77. The van der Waals surface area contributed by atoms with Crippen molar-refractivity contribution in [1.82, 2.24) is 15.3 Å². The summed E-state index contributed by atoms with van der Waals surface area (Å²) < 4.78 is 53.2. The van der Waals surface area contributed by atoms with E-state index in [1.54, 1.807) is 6.20 Å². The molecule has 1 saturated carbocycles. The van der Waals surface area contributed by atoms with E-state index in [-0.39, 0.29) is 29.1 Å². The average Bonchev–Trinajstić information content (AvgIpc) is 2.85. The Morgan fingerprint density at radius 3 is 2.27 bits per heavy atom. The maximum atomic E-state index is 13.1. The first-order valence-corrected chi connectivity index (χ1v) is 11.6. The molecule has 13 heteroatoms. The molecule has 2 aromatic rings. The van der Waals surface area contributed by atoms with Gasteiger partial charge in [-0.05, 0) is 38.7 Å². The van der Waals surface area contributed by atoms with E-state index in [0.717, 1.165) is 24.2 Å². The van der Waals surface area contributed by atoms with Crippen molar-refractivity contribution in [3.63, 3.8) is 0 Å². The number of nitrogens with one attached hydrogen (secondary N) is 2. The maximum absolute atomic E-state index is 13.1. The van der Waals surface area contributed by atoms with E-state index < -0.39 is 23.8 Å². The molecule has 1 aromatic heterocycles. The number of anilines is 2. The molecule has 0 saturated heterocycles. The zero-order valence-corrected chi connectivity index (χ0v) is 21.2. The number of carbonyl (C=O) groups is 2. The first kappa shape index (κ1) is 27.8. The molecule has 1 heterocycles. The van der Waals surface area contributed by atoms with Crippen molar-refractivity contribution in [1.29, 1.82) is 0 Å². The van der Waals surface area contributed by atoms with Gasteiger partial charge in [-0.25, -0.2) is 9.78 Å². The predicted octanol–water partition coefficient (Wildman–Crippen LogP) is 3.49. The first-order valence-electron chi connectivity index (χ1n) is 11.6. The van der Waals surface area contributed by atoms with Gasteiger partial charge in [0.1, 0.15) is 11.6 Å². The fourth-order valence-electron chi connectivity index (χ4n) is 3.90. The lowest BCUT2D eigenvalue weighted by Crippen LogP contribution is -2.40. The van der Waals surface area contributed by atoms with Crippen LogP contribution in [0.1, 0.15) is 41.6 Å². The summed E-state index contributed by atoms with van der Waals surface area (Å²) in [6, 6.07) is 2.31. The molecule has 10 nitrogen and oxygen atoms in total. The minimum absolute atomic E-state index is 0.122. The molecule has 1 fully saturated rings. The Balaban J connectivity index is 1.70. The van der Waals surface area contributed by atoms with Crippen LogP contribution < -0.4 is 29.7 Å². The van der Waals surface area contributed by atoms with Gasteiger partial charge in [-0.3, -0.25) is 4.79 Å². The number of amides is 1. The second-order valence-corrected chi connectivity index (χ2v) is 8.86. The van der Waals surface area contributed by atoms with Gasteiger partial charge in [0.2, 0.25) is 5.95 Å². The van der Waals surface area contributed by atoms with Gasteiger partial charge in [-0.1, -0.05) is 0 Å². The van der Waals surface area contributed by atoms with Crippen LogP contribution in [0.4, 0.5) is 24.9 Å². The van der Waals surface area contributed by atoms with Crippen molar-refractivity contribution in [3.8, 4) is 17.2 Å². The number of benzene rings is 1. The molecule has 0 atom stereocenters. The molecule has 0 aliphatic heterocycles. The van der Waals surface area contributed by atoms with E-state index >= 15 is 0 Å². The van der Waals surface area contributed by atoms with Crippen molar-refractivity contribution < 1.29 is 37.0 Å². The first-order chi connectivity index (χ1) is 17.4. The lowest BCUT2D eigenvalue weighted by Gasteiger charge is -2.30. The molecule has 37 heavy (non-hydrogen) atoms. The molecular weight excluding hydrogens is 495 g/mol. The molecule has 202 valence electrons. The highest BCUT2D eigenvalue weighted by Crippen LogP contribution is 2.37. The smallest absolute Gasteiger partial charge is 0.491 e. The summed E-state index contributed by atoms with van der Waals surface area (Å²) in [6.07, 6.45) is -0.812. The third-order valence-corrected chi connectivity index (χ3v) is 5.92. The van der Waals surface area contributed by atoms with Crippen LogP contribution >= 0.6 is 0 Å². The molecule has 1 aromatic carbocycles. The Labute approximate surface area is 212 Å². The Morgan fingerprint density at radius 2 is 1.70 bits per heavy atom. The number of nitrogens with zero attached hydrogens (tertiary/aromatic N) is 3. The fraction of sp³-hybridized carbons (Fsp3) is 0.500. The number of esters is 1. The molecule has 1 amide bonds. The summed E-state index contributed by atoms with van der Waals surface area (Å²) >= 11 is 0. The van der Waals surface area contributed by atoms with Gasteiger partial charge in [-0.2, -0.15) is 18.2 Å². The van der Waals surface area contributed by atoms with Gasteiger partial charge < -0.3 is 29.7 Å². The van der Waals surface area contributed by atoms with Crippen LogP contribution in [0.3, 0.4) is 0 Å². The topological polar surface area (TPSA) is 115 Å². The molecule has 0 spiro atoms. The quantitative estimate of drug-likeness (QED) is 0.395. The number of alkyl halides is 3. The van der Waals surface area contributed by atoms with Crippen molar-refractivity contribution in [2.75, 3.05) is 38.5 Å². The van der Waals surface area contributed by atoms with Crippen molar-refractivity contribution in [2.24, 2.45) is 0 Å². The van der Waals surface area contributed by atoms with Crippen LogP contribution in [0.5, 0.6) is 17.2 Å². The average molecular weight is 526 g/mol. The number of aromatic nitrogens is 2. The highest BCUT2D eigenvalue weighted by molar-refractivity contribution is 5.99. The SMILES string of the molecule is COc1cc(OC)c(OC(=O)C(F)(F)F)c(C(=O)NC2CCC(Nc3nc(N(C)C)ncc3C)CC2)c1. The van der Waals surface area contributed by atoms with Gasteiger partial charge >= 0.3 is 12.1 Å². The van der Waals surface area contributed by atoms with E-state index in [1.165, 1.54) is 26.4 Å². The molecule has 1 aliphatic carbocycles. The largest absolute Gasteiger partial charge is 0.497 e. The van der Waals surface area contributed by atoms with Crippen LogP contribution in [-0.2, 0) is 4.79 Å². The van der Waals surface area contributed by atoms with E-state index in [0.29, 0.717) is 18.8 Å². The Kier molecular flexibility index (Phi) is 8.66. The van der Waals surface area contributed by atoms with Gasteiger partial charge in [-0.15, -0.1) is 0 Å². The number of halogens is 3. The number of carbonyl (C=O) groups excluding carboxylic acids is 2. The Morgan fingerprint density at radius 1 is 1.05 bits per heavy atom. The van der Waals surface area contributed by atoms with Gasteiger partial charge in [0.05, 0.1) is 19.8 Å². The third-order valence-electron chi connectivity index (χ3n) is 5.92. The summed E-state index contributed by atoms with van der Waals surface area (Å²) in [7, 11) is 6.22. The molecule has 1 aliphatic rings. The molecule has 0 radical (unpaired) electrons. The number of hydrogen-bond acceptors (Lipinski definition) is 9. The maximum Gasteiger partial charge on any atom is 0.491 e. The normalized spacial score (nSPS) is 17.5. The summed E-state index contributed by atoms with van der Waals surface area (Å²) in [5.74, 6) is -2.56. The van der Waals surface area contributed by atoms with E-state index in [9.17, 15) is 22.8 Å². The molecule has 0 bridgehead atoms. The zero-order valence-electron chi connectivity index (χ0n) is 21.2. The minimum Gasteiger partial charge on any atom is -0.497 e. The standard InChI is InChI=1S/C24H30F3N5O5/c1-13-12-28-23(32(2)3)31-20(13)29-14-6-8-15(9-7-14)30-21(33)17-10-16(35-4)11-18(36-5)19(17)37-22(34)24(25,26)27/h10-12,14-15H,6-9H2,1-5H3,(H,30,33)(H,28,29,31). The second-order valence-electron chi connectivity index (χ2n) is 8.86. The number of hydrogen-bond donors (Lipinski definition) is 2. The van der Waals surface area contributed by atoms with Crippen LogP contribution in [0.25, 0.3) is 0 Å². The monoisotopic (exact) mass is 525 g/mol. The van der Waals surface area contributed by atoms with Gasteiger partial charge in [0.15, 0.2) is 11.5 Å². The van der Waals surface area contributed by atoms with Gasteiger partial charge in [0, 0.05) is 44.0 Å². The number of methoxy groups -OCH3 is 2. The van der Waals surface area contributed by atoms with Crippen molar-refractivity contribution in [3.05, 3.63) is 29.5 Å². The van der Waals surface area contributed by atoms with Crippen LogP contribution in [-0.4, -0.2) is 68.4 Å². The van der Waals surface area contributed by atoms with E-state index in [4.69, 9.17) is 9.47 Å². The van der Waals surface area contributed by atoms with Crippen LogP contribution in [0.15, 0.2) is 18.3 Å². The summed E-state index contributed by atoms with van der Waals surface area (Å²) in [4.78, 5) is 35.2. The van der Waals surface area contributed by atoms with Gasteiger partial charge in [0.25, 0.3) is 5.91 Å². The zero-order chi connectivity index (χ0) is 27.3. The predicted molar refractivity (Wildman–Crippen MR) is 129 cm³/mol. The summed E-state index contributed by atoms with van der Waals surface area (Å²) in [6.45, 7) is 1.92. The highest BCUT2D eigenvalue weighted by Gasteiger charge is 2.42. The van der Waals surface area contributed by atoms with Crippen molar-refractivity contribution >= 4 is 23.6 Å². The van der Waals surface area contributed by atoms with Crippen molar-refractivity contribution in [2.45, 2.75) is 50.9 Å². The molecule has 0 unspecified atom stereocenters. The lowest BCUT2D eigenvalue weighted by molar-refractivity contribution is -0.189. The van der Waals surface area contributed by atoms with Crippen LogP contribution in [0.2, 0.25) is 0 Å². The van der Waals surface area contributed by atoms with E-state index in [2.05, 4.69) is 25.3 Å². The second kappa shape index (κ2) is 11.5. The molecule has 3 rings (SSSR count). The molecule has 2 N–H and O–H groups in total. The molecular formula is C24H30F3N5O5. The summed E-state index contributed by atoms with van der Waals surface area (Å²) in [5.41, 5.74) is 0.607. The number of ether oxygens (including phenoxy) is 3. The summed E-state index contributed by atoms with van der Waals surface area (Å²) in [5, 5.41) is 6.26. The third kappa shape index (κ3) is 6.92.